The van der Waals surface area contributed by atoms with Gasteiger partial charge in [0.1, 0.15) is 11.4 Å². The minimum atomic E-state index is -3.95. The molecule has 2 amide bonds. The molecule has 8 nitrogen and oxygen atoms in total. The summed E-state index contributed by atoms with van der Waals surface area (Å²) < 4.78 is 31.5. The number of rotatable bonds is 4. The molecule has 0 fully saturated rings. The van der Waals surface area contributed by atoms with Gasteiger partial charge in [-0.25, -0.2) is 13.1 Å². The van der Waals surface area contributed by atoms with Crippen molar-refractivity contribution < 1.29 is 27.5 Å². The largest absolute Gasteiger partial charge is 0.487 e. The fourth-order valence-corrected chi connectivity index (χ4v) is 3.95. The average Bonchev–Trinajstić information content (AvgIpc) is 2.60. The first-order valence-corrected chi connectivity index (χ1v) is 10.3. The van der Waals surface area contributed by atoms with Crippen molar-refractivity contribution in [3.63, 3.8) is 0 Å². The molecule has 0 saturated carbocycles. The fraction of sp³-hybridized carbons (Fsp3) is 0.250. The van der Waals surface area contributed by atoms with Gasteiger partial charge in [-0.3, -0.25) is 14.4 Å². The standard InChI is InChI=1S/C20H20N2O6S/c1-12(23)22-29(26,27)15-7-5-14(6-8-15)21-19(25)13-4-9-18-16(10-13)17(24)11-20(2,3)28-18/h4-10H,11H2,1-3H3,(H,21,25)(H,22,23). The first kappa shape index (κ1) is 20.5. The summed E-state index contributed by atoms with van der Waals surface area (Å²) in [5.41, 5.74) is 0.398. The smallest absolute Gasteiger partial charge is 0.264 e. The molecule has 0 aromatic heterocycles. The van der Waals surface area contributed by atoms with Crippen molar-refractivity contribution in [2.24, 2.45) is 0 Å². The number of nitrogens with one attached hydrogen (secondary N) is 2. The molecule has 1 heterocycles. The van der Waals surface area contributed by atoms with E-state index >= 15 is 0 Å². The topological polar surface area (TPSA) is 119 Å². The summed E-state index contributed by atoms with van der Waals surface area (Å²) in [4.78, 5) is 35.7. The normalized spacial score (nSPS) is 15.1. The second-order valence-corrected chi connectivity index (χ2v) is 9.00. The summed E-state index contributed by atoms with van der Waals surface area (Å²) in [7, 11) is -3.95. The highest BCUT2D eigenvalue weighted by molar-refractivity contribution is 7.90. The highest BCUT2D eigenvalue weighted by Crippen LogP contribution is 2.33. The number of hydrogen-bond donors (Lipinski definition) is 2. The third-order valence-corrected chi connectivity index (χ3v) is 5.66. The van der Waals surface area contributed by atoms with E-state index in [0.29, 0.717) is 17.0 Å². The van der Waals surface area contributed by atoms with E-state index in [-0.39, 0.29) is 22.7 Å². The van der Waals surface area contributed by atoms with E-state index < -0.39 is 27.4 Å². The Kier molecular flexibility index (Phi) is 5.18. The number of carbonyl (C=O) groups excluding carboxylic acids is 3. The van der Waals surface area contributed by atoms with E-state index in [1.54, 1.807) is 12.1 Å². The third-order valence-electron chi connectivity index (χ3n) is 4.22. The van der Waals surface area contributed by atoms with Gasteiger partial charge < -0.3 is 10.1 Å². The van der Waals surface area contributed by atoms with Crippen LogP contribution < -0.4 is 14.8 Å². The van der Waals surface area contributed by atoms with Crippen LogP contribution in [0.25, 0.3) is 0 Å². The summed E-state index contributed by atoms with van der Waals surface area (Å²) in [6, 6.07) is 9.98. The maximum atomic E-state index is 12.5. The number of ketones is 1. The van der Waals surface area contributed by atoms with Gasteiger partial charge in [0.05, 0.1) is 16.9 Å². The lowest BCUT2D eigenvalue weighted by atomic mass is 9.92. The van der Waals surface area contributed by atoms with Crippen LogP contribution in [0.2, 0.25) is 0 Å². The minimum Gasteiger partial charge on any atom is -0.487 e. The summed E-state index contributed by atoms with van der Waals surface area (Å²) in [5.74, 6) is -0.812. The Hall–Kier alpha value is -3.20. The van der Waals surface area contributed by atoms with Gasteiger partial charge in [0.25, 0.3) is 15.9 Å². The van der Waals surface area contributed by atoms with Gasteiger partial charge in [-0.05, 0) is 56.3 Å². The van der Waals surface area contributed by atoms with Gasteiger partial charge in [0, 0.05) is 18.2 Å². The molecule has 3 rings (SSSR count). The molecule has 0 unspecified atom stereocenters. The lowest BCUT2D eigenvalue weighted by molar-refractivity contribution is -0.117. The molecule has 0 atom stereocenters. The Labute approximate surface area is 168 Å². The van der Waals surface area contributed by atoms with Gasteiger partial charge in [0.15, 0.2) is 5.78 Å². The zero-order valence-electron chi connectivity index (χ0n) is 16.1. The maximum absolute atomic E-state index is 12.5. The van der Waals surface area contributed by atoms with Crippen molar-refractivity contribution >= 4 is 33.3 Å². The van der Waals surface area contributed by atoms with Gasteiger partial charge in [0.2, 0.25) is 5.91 Å². The second kappa shape index (κ2) is 7.32. The number of fused-ring (bicyclic) bond motifs is 1. The maximum Gasteiger partial charge on any atom is 0.264 e. The summed E-state index contributed by atoms with van der Waals surface area (Å²) in [6.07, 6.45) is 0.218. The van der Waals surface area contributed by atoms with Crippen LogP contribution in [0.3, 0.4) is 0 Å². The second-order valence-electron chi connectivity index (χ2n) is 7.31. The first-order valence-electron chi connectivity index (χ1n) is 8.78. The van der Waals surface area contributed by atoms with Crippen LogP contribution in [0.4, 0.5) is 5.69 Å². The predicted molar refractivity (Wildman–Crippen MR) is 105 cm³/mol. The molecule has 1 aliphatic rings. The third kappa shape index (κ3) is 4.62. The Morgan fingerprint density at radius 3 is 2.34 bits per heavy atom. The van der Waals surface area contributed by atoms with E-state index in [2.05, 4.69) is 5.32 Å². The van der Waals surface area contributed by atoms with E-state index in [4.69, 9.17) is 4.74 Å². The Morgan fingerprint density at radius 2 is 1.72 bits per heavy atom. The Morgan fingerprint density at radius 1 is 1.07 bits per heavy atom. The molecule has 2 aromatic carbocycles. The van der Waals surface area contributed by atoms with Crippen LogP contribution in [0.1, 0.15) is 47.9 Å². The highest BCUT2D eigenvalue weighted by atomic mass is 32.2. The molecular formula is C20H20N2O6S. The SMILES string of the molecule is CC(=O)NS(=O)(=O)c1ccc(NC(=O)c2ccc3c(c2)C(=O)CC(C)(C)O3)cc1. The van der Waals surface area contributed by atoms with E-state index in [9.17, 15) is 22.8 Å². The van der Waals surface area contributed by atoms with Crippen molar-refractivity contribution in [2.45, 2.75) is 37.7 Å². The van der Waals surface area contributed by atoms with Crippen molar-refractivity contribution in [1.29, 1.82) is 0 Å². The number of Topliss-reactive ketones (excluding diaryl/α,β-unsaturated/α-hetero) is 1. The van der Waals surface area contributed by atoms with Gasteiger partial charge in [-0.2, -0.15) is 0 Å². The highest BCUT2D eigenvalue weighted by Gasteiger charge is 2.32. The van der Waals surface area contributed by atoms with E-state index in [1.807, 2.05) is 18.6 Å². The lowest BCUT2D eigenvalue weighted by Gasteiger charge is -2.31. The molecule has 152 valence electrons. The van der Waals surface area contributed by atoms with Gasteiger partial charge >= 0.3 is 0 Å². The Balaban J connectivity index is 1.77. The average molecular weight is 416 g/mol. The van der Waals surface area contributed by atoms with Crippen molar-refractivity contribution in [3.8, 4) is 5.75 Å². The van der Waals surface area contributed by atoms with Crippen molar-refractivity contribution in [2.75, 3.05) is 5.32 Å². The quantitative estimate of drug-likeness (QED) is 0.791. The number of amides is 2. The van der Waals surface area contributed by atoms with Crippen LogP contribution in [-0.4, -0.2) is 31.6 Å². The van der Waals surface area contributed by atoms with Crippen LogP contribution in [0.5, 0.6) is 5.75 Å². The molecule has 1 aliphatic heterocycles. The van der Waals surface area contributed by atoms with Gasteiger partial charge in [-0.15, -0.1) is 0 Å². The summed E-state index contributed by atoms with van der Waals surface area (Å²) in [6.45, 7) is 4.75. The number of benzene rings is 2. The number of ether oxygens (including phenoxy) is 1. The number of sulfonamides is 1. The zero-order chi connectivity index (χ0) is 21.4. The molecule has 9 heteroatoms. The minimum absolute atomic E-state index is 0.0987. The molecule has 2 N–H and O–H groups in total. The fourth-order valence-electron chi connectivity index (χ4n) is 2.96. The number of anilines is 1. The molecule has 0 spiro atoms. The molecule has 0 saturated heterocycles. The molecule has 0 radical (unpaired) electrons. The summed E-state index contributed by atoms with van der Waals surface area (Å²) in [5, 5.41) is 2.64. The van der Waals surface area contributed by atoms with Gasteiger partial charge in [-0.1, -0.05) is 0 Å². The molecule has 0 aliphatic carbocycles. The lowest BCUT2D eigenvalue weighted by Crippen LogP contribution is -2.36. The molecule has 29 heavy (non-hydrogen) atoms. The molecule has 2 aromatic rings. The predicted octanol–water partition coefficient (Wildman–Crippen LogP) is 2.51. The number of hydrogen-bond acceptors (Lipinski definition) is 6. The summed E-state index contributed by atoms with van der Waals surface area (Å²) >= 11 is 0. The molecular weight excluding hydrogens is 396 g/mol. The monoisotopic (exact) mass is 416 g/mol. The molecule has 0 bridgehead atoms. The van der Waals surface area contributed by atoms with Crippen molar-refractivity contribution in [3.05, 3.63) is 53.6 Å². The first-order chi connectivity index (χ1) is 13.5. The van der Waals surface area contributed by atoms with Crippen LogP contribution >= 0.6 is 0 Å². The van der Waals surface area contributed by atoms with E-state index in [0.717, 1.165) is 6.92 Å². The zero-order valence-corrected chi connectivity index (χ0v) is 16.9. The van der Waals surface area contributed by atoms with Crippen LogP contribution in [0, 0.1) is 0 Å². The Bertz CT molecular complexity index is 1100. The van der Waals surface area contributed by atoms with E-state index in [1.165, 1.54) is 30.3 Å². The van der Waals surface area contributed by atoms with Crippen LogP contribution in [0.15, 0.2) is 47.4 Å². The number of carbonyl (C=O) groups is 3. The van der Waals surface area contributed by atoms with Crippen molar-refractivity contribution in [1.82, 2.24) is 4.72 Å². The van der Waals surface area contributed by atoms with Crippen LogP contribution in [-0.2, 0) is 14.8 Å².